The average molecular weight is 380 g/mol. The van der Waals surface area contributed by atoms with Crippen LogP contribution in [-0.2, 0) is 9.53 Å². The Kier molecular flexibility index (Phi) is 4.60. The lowest BCUT2D eigenvalue weighted by atomic mass is 9.87. The summed E-state index contributed by atoms with van der Waals surface area (Å²) in [5.41, 5.74) is 1.76. The highest BCUT2D eigenvalue weighted by Crippen LogP contribution is 2.44. The van der Waals surface area contributed by atoms with Crippen molar-refractivity contribution in [1.82, 2.24) is 4.98 Å². The summed E-state index contributed by atoms with van der Waals surface area (Å²) in [6.45, 7) is 2.00. The fourth-order valence-electron chi connectivity index (χ4n) is 3.00. The molecule has 0 atom stereocenters. The molecule has 1 aromatic heterocycles. The molecule has 0 aliphatic carbocycles. The highest BCUT2D eigenvalue weighted by Gasteiger charge is 2.32. The van der Waals surface area contributed by atoms with Crippen molar-refractivity contribution in [1.29, 1.82) is 0 Å². The van der Waals surface area contributed by atoms with E-state index in [0.717, 1.165) is 11.1 Å². The number of carbonyl (C=O) groups excluding carboxylic acids is 2. The quantitative estimate of drug-likeness (QED) is 0.687. The fourth-order valence-corrected chi connectivity index (χ4v) is 3.68. The van der Waals surface area contributed by atoms with Gasteiger partial charge in [-0.3, -0.25) is 4.79 Å². The molecule has 2 aromatic carbocycles. The van der Waals surface area contributed by atoms with E-state index in [-0.39, 0.29) is 18.2 Å². The number of thiazole rings is 1. The SMILES string of the molecule is CCOC(=O)c1csc(NC(=O)C2c3ccccc3Oc3ccccc32)n1. The van der Waals surface area contributed by atoms with Crippen molar-refractivity contribution in [2.45, 2.75) is 12.8 Å². The number of para-hydroxylation sites is 2. The van der Waals surface area contributed by atoms with Crippen molar-refractivity contribution in [2.24, 2.45) is 0 Å². The summed E-state index contributed by atoms with van der Waals surface area (Å²) in [5.74, 6) is 0.0467. The number of carbonyl (C=O) groups is 2. The van der Waals surface area contributed by atoms with Crippen molar-refractivity contribution in [3.63, 3.8) is 0 Å². The Labute approximate surface area is 159 Å². The molecular formula is C20H16N2O4S. The minimum atomic E-state index is -0.527. The lowest BCUT2D eigenvalue weighted by Crippen LogP contribution is -2.25. The van der Waals surface area contributed by atoms with Crippen LogP contribution in [0.25, 0.3) is 0 Å². The summed E-state index contributed by atoms with van der Waals surface area (Å²) in [6.07, 6.45) is 0. The van der Waals surface area contributed by atoms with Gasteiger partial charge in [0.05, 0.1) is 12.5 Å². The molecule has 4 rings (SSSR count). The number of hydrogen-bond acceptors (Lipinski definition) is 6. The molecule has 3 aromatic rings. The number of amides is 1. The van der Waals surface area contributed by atoms with Crippen LogP contribution in [0.5, 0.6) is 11.5 Å². The van der Waals surface area contributed by atoms with Crippen molar-refractivity contribution < 1.29 is 19.1 Å². The van der Waals surface area contributed by atoms with Gasteiger partial charge in [-0.25, -0.2) is 9.78 Å². The third kappa shape index (κ3) is 3.29. The monoisotopic (exact) mass is 380 g/mol. The zero-order valence-corrected chi connectivity index (χ0v) is 15.3. The number of nitrogens with one attached hydrogen (secondary N) is 1. The minimum Gasteiger partial charge on any atom is -0.461 e. The second kappa shape index (κ2) is 7.20. The van der Waals surface area contributed by atoms with Gasteiger partial charge in [0.15, 0.2) is 10.8 Å². The molecule has 0 spiro atoms. The summed E-state index contributed by atoms with van der Waals surface area (Å²) in [5, 5.41) is 4.74. The lowest BCUT2D eigenvalue weighted by molar-refractivity contribution is -0.116. The molecule has 0 radical (unpaired) electrons. The first-order valence-corrected chi connectivity index (χ1v) is 9.34. The van der Waals surface area contributed by atoms with E-state index < -0.39 is 11.9 Å². The number of aromatic nitrogens is 1. The van der Waals surface area contributed by atoms with Crippen LogP contribution in [0.1, 0.15) is 34.5 Å². The van der Waals surface area contributed by atoms with Crippen LogP contribution in [0, 0.1) is 0 Å². The highest BCUT2D eigenvalue weighted by molar-refractivity contribution is 7.14. The smallest absolute Gasteiger partial charge is 0.357 e. The summed E-state index contributed by atoms with van der Waals surface area (Å²) in [6, 6.07) is 14.9. The number of nitrogens with zero attached hydrogens (tertiary/aromatic N) is 1. The molecule has 0 bridgehead atoms. The van der Waals surface area contributed by atoms with Crippen molar-refractivity contribution >= 4 is 28.3 Å². The predicted octanol–water partition coefficient (Wildman–Crippen LogP) is 4.20. The molecule has 0 unspecified atom stereocenters. The van der Waals surface area contributed by atoms with Gasteiger partial charge in [-0.15, -0.1) is 11.3 Å². The van der Waals surface area contributed by atoms with Gasteiger partial charge in [0.1, 0.15) is 11.5 Å². The van der Waals surface area contributed by atoms with E-state index in [2.05, 4.69) is 10.3 Å². The van der Waals surface area contributed by atoms with Gasteiger partial charge in [-0.2, -0.15) is 0 Å². The molecule has 0 saturated heterocycles. The number of fused-ring (bicyclic) bond motifs is 2. The van der Waals surface area contributed by atoms with Gasteiger partial charge in [0, 0.05) is 16.5 Å². The molecule has 27 heavy (non-hydrogen) atoms. The Hall–Kier alpha value is -3.19. The zero-order valence-electron chi connectivity index (χ0n) is 14.5. The Morgan fingerprint density at radius 3 is 2.37 bits per heavy atom. The summed E-state index contributed by atoms with van der Waals surface area (Å²) >= 11 is 1.18. The van der Waals surface area contributed by atoms with Crippen LogP contribution >= 0.6 is 11.3 Å². The number of anilines is 1. The summed E-state index contributed by atoms with van der Waals surface area (Å²) < 4.78 is 10.8. The van der Waals surface area contributed by atoms with Crippen molar-refractivity contribution in [2.75, 3.05) is 11.9 Å². The average Bonchev–Trinajstić information content (AvgIpc) is 3.14. The van der Waals surface area contributed by atoms with E-state index >= 15 is 0 Å². The van der Waals surface area contributed by atoms with Gasteiger partial charge in [0.2, 0.25) is 5.91 Å². The Morgan fingerprint density at radius 2 is 1.74 bits per heavy atom. The van der Waals surface area contributed by atoms with E-state index in [4.69, 9.17) is 9.47 Å². The van der Waals surface area contributed by atoms with Gasteiger partial charge >= 0.3 is 5.97 Å². The molecule has 0 saturated carbocycles. The third-order valence-corrected chi connectivity index (χ3v) is 4.92. The molecule has 0 fully saturated rings. The summed E-state index contributed by atoms with van der Waals surface area (Å²) in [7, 11) is 0. The van der Waals surface area contributed by atoms with Gasteiger partial charge < -0.3 is 14.8 Å². The maximum Gasteiger partial charge on any atom is 0.357 e. The van der Waals surface area contributed by atoms with Crippen LogP contribution in [0.15, 0.2) is 53.9 Å². The van der Waals surface area contributed by atoms with E-state index in [0.29, 0.717) is 16.6 Å². The van der Waals surface area contributed by atoms with E-state index in [1.54, 1.807) is 12.3 Å². The van der Waals surface area contributed by atoms with Gasteiger partial charge in [-0.05, 0) is 19.1 Å². The Bertz CT molecular complexity index is 969. The summed E-state index contributed by atoms with van der Waals surface area (Å²) in [4.78, 5) is 29.0. The topological polar surface area (TPSA) is 77.5 Å². The standard InChI is InChI=1S/C20H16N2O4S/c1-2-25-19(24)14-11-27-20(21-14)22-18(23)17-12-7-3-5-9-15(12)26-16-10-6-4-8-13(16)17/h3-11,17H,2H2,1H3,(H,21,22,23). The normalized spacial score (nSPS) is 12.5. The molecular weight excluding hydrogens is 364 g/mol. The number of esters is 1. The molecule has 2 heterocycles. The molecule has 1 N–H and O–H groups in total. The van der Waals surface area contributed by atoms with E-state index in [9.17, 15) is 9.59 Å². The van der Waals surface area contributed by atoms with Gasteiger partial charge in [-0.1, -0.05) is 36.4 Å². The number of ether oxygens (including phenoxy) is 2. The number of benzene rings is 2. The van der Waals surface area contributed by atoms with Crippen LogP contribution in [0.4, 0.5) is 5.13 Å². The number of hydrogen-bond donors (Lipinski definition) is 1. The Balaban J connectivity index is 1.63. The van der Waals surface area contributed by atoms with Crippen LogP contribution in [-0.4, -0.2) is 23.5 Å². The van der Waals surface area contributed by atoms with Gasteiger partial charge in [0.25, 0.3) is 0 Å². The van der Waals surface area contributed by atoms with Crippen molar-refractivity contribution in [3.05, 3.63) is 70.7 Å². The van der Waals surface area contributed by atoms with Crippen LogP contribution in [0.2, 0.25) is 0 Å². The van der Waals surface area contributed by atoms with Crippen molar-refractivity contribution in [3.8, 4) is 11.5 Å². The molecule has 7 heteroatoms. The fraction of sp³-hybridized carbons (Fsp3) is 0.150. The first-order chi connectivity index (χ1) is 13.2. The first-order valence-electron chi connectivity index (χ1n) is 8.46. The third-order valence-electron chi connectivity index (χ3n) is 4.16. The number of rotatable bonds is 4. The van der Waals surface area contributed by atoms with Crippen LogP contribution in [0.3, 0.4) is 0 Å². The maximum atomic E-state index is 13.1. The highest BCUT2D eigenvalue weighted by atomic mass is 32.1. The maximum absolute atomic E-state index is 13.1. The van der Waals surface area contributed by atoms with E-state index in [1.165, 1.54) is 11.3 Å². The zero-order chi connectivity index (χ0) is 18.8. The molecule has 1 amide bonds. The molecule has 1 aliphatic heterocycles. The molecule has 136 valence electrons. The van der Waals surface area contributed by atoms with Crippen LogP contribution < -0.4 is 10.1 Å². The Morgan fingerprint density at radius 1 is 1.11 bits per heavy atom. The first kappa shape index (κ1) is 17.2. The largest absolute Gasteiger partial charge is 0.461 e. The predicted molar refractivity (Wildman–Crippen MR) is 102 cm³/mol. The second-order valence-electron chi connectivity index (χ2n) is 5.86. The lowest BCUT2D eigenvalue weighted by Gasteiger charge is -2.27. The van der Waals surface area contributed by atoms with E-state index in [1.807, 2.05) is 48.5 Å². The second-order valence-corrected chi connectivity index (χ2v) is 6.72. The molecule has 6 nitrogen and oxygen atoms in total. The minimum absolute atomic E-state index is 0.185. The molecule has 1 aliphatic rings.